The molecule has 50 heavy (non-hydrogen) atoms. The van der Waals surface area contributed by atoms with E-state index in [-0.39, 0.29) is 22.7 Å². The number of carbonyl (C=O) groups excluding carboxylic acids is 2. The molecule has 12 nitrogen and oxygen atoms in total. The summed E-state index contributed by atoms with van der Waals surface area (Å²) >= 11 is 0. The average Bonchev–Trinajstić information content (AvgIpc) is 3.79. The molecule has 7 aromatic rings. The molecule has 12 heteroatoms. The normalized spacial score (nSPS) is 11.4. The van der Waals surface area contributed by atoms with Crippen LogP contribution in [0.15, 0.2) is 109 Å². The molecule has 248 valence electrons. The number of tetrazole rings is 1. The zero-order valence-corrected chi connectivity index (χ0v) is 27.6. The number of aromatic amines is 1. The topological polar surface area (TPSA) is 151 Å². The number of hydrogen-bond donors (Lipinski definition) is 1. The van der Waals surface area contributed by atoms with Gasteiger partial charge in [-0.05, 0) is 56.8 Å². The van der Waals surface area contributed by atoms with E-state index in [1.54, 1.807) is 48.5 Å². The highest BCUT2D eigenvalue weighted by atomic mass is 16.6. The van der Waals surface area contributed by atoms with Crippen LogP contribution < -0.4 is 9.47 Å². The van der Waals surface area contributed by atoms with Gasteiger partial charge in [0.25, 0.3) is 11.8 Å². The van der Waals surface area contributed by atoms with Crippen molar-refractivity contribution in [1.29, 1.82) is 0 Å². The molecule has 0 unspecified atom stereocenters. The molecule has 0 radical (unpaired) electrons. The highest BCUT2D eigenvalue weighted by Crippen LogP contribution is 2.35. The van der Waals surface area contributed by atoms with Gasteiger partial charge in [-0.15, -0.1) is 15.3 Å². The van der Waals surface area contributed by atoms with Crippen molar-refractivity contribution in [2.45, 2.75) is 33.7 Å². The molecule has 0 aliphatic heterocycles. The third-order valence-corrected chi connectivity index (χ3v) is 7.90. The number of ether oxygens (including phenoxy) is 2. The summed E-state index contributed by atoms with van der Waals surface area (Å²) in [6, 6.07) is 33.2. The van der Waals surface area contributed by atoms with Gasteiger partial charge in [-0.2, -0.15) is 0 Å². The zero-order chi connectivity index (χ0) is 34.7. The number of nitrogens with zero attached hydrogens (tertiary/aromatic N) is 7. The molecule has 3 heterocycles. The standard InChI is InChI=1S/C38H32N8O4/c1-38(2,3)22-30-39-31-32(46(30)23-24-18-20-25(21-19-24)28-16-10-11-17-29(28)33-40-44-45-41-33)35(50-37(48)27-14-8-5-9-15-27)43-42-34(31)49-36(47)26-12-6-4-7-13-26/h4-21H,22-23H2,1-3H3,(H,40,41,44,45). The second-order valence-electron chi connectivity index (χ2n) is 12.9. The molecule has 0 saturated heterocycles. The second kappa shape index (κ2) is 13.5. The number of H-pyrrole nitrogens is 1. The molecule has 0 fully saturated rings. The fourth-order valence-electron chi connectivity index (χ4n) is 5.60. The van der Waals surface area contributed by atoms with Gasteiger partial charge in [-0.25, -0.2) is 19.7 Å². The third kappa shape index (κ3) is 6.85. The number of rotatable bonds is 9. The van der Waals surface area contributed by atoms with E-state index in [1.807, 2.05) is 65.2 Å². The Morgan fingerprint density at radius 3 is 1.88 bits per heavy atom. The van der Waals surface area contributed by atoms with Gasteiger partial charge in [0.1, 0.15) is 11.3 Å². The summed E-state index contributed by atoms with van der Waals surface area (Å²) in [6.45, 7) is 6.67. The highest BCUT2D eigenvalue weighted by molar-refractivity contribution is 5.96. The molecule has 3 aromatic heterocycles. The first-order chi connectivity index (χ1) is 24.2. The van der Waals surface area contributed by atoms with Crippen LogP contribution in [0, 0.1) is 5.41 Å². The summed E-state index contributed by atoms with van der Waals surface area (Å²) < 4.78 is 13.6. The maximum absolute atomic E-state index is 13.3. The Labute approximate surface area is 287 Å². The van der Waals surface area contributed by atoms with Crippen LogP contribution in [0.25, 0.3) is 33.5 Å². The van der Waals surface area contributed by atoms with Crippen LogP contribution >= 0.6 is 0 Å². The Bertz CT molecular complexity index is 2280. The molecule has 0 aliphatic rings. The van der Waals surface area contributed by atoms with Crippen molar-refractivity contribution in [3.8, 4) is 34.3 Å². The SMILES string of the molecule is CC(C)(C)Cc1nc2c(OC(=O)c3ccccc3)nnc(OC(=O)c3ccccc3)c2n1Cc1ccc(-c2ccccc2-c2nnn[nH]2)cc1. The van der Waals surface area contributed by atoms with Gasteiger partial charge in [-0.3, -0.25) is 0 Å². The molecular formula is C38H32N8O4. The van der Waals surface area contributed by atoms with Crippen molar-refractivity contribution in [1.82, 2.24) is 40.4 Å². The summed E-state index contributed by atoms with van der Waals surface area (Å²) in [5.74, 6) is -0.0970. The lowest BCUT2D eigenvalue weighted by Gasteiger charge is -2.19. The quantitative estimate of drug-likeness (QED) is 0.164. The number of imidazole rings is 1. The van der Waals surface area contributed by atoms with Crippen molar-refractivity contribution in [2.24, 2.45) is 5.41 Å². The van der Waals surface area contributed by atoms with E-state index >= 15 is 0 Å². The van der Waals surface area contributed by atoms with E-state index in [2.05, 4.69) is 51.6 Å². The zero-order valence-electron chi connectivity index (χ0n) is 27.6. The summed E-state index contributed by atoms with van der Waals surface area (Å²) in [5, 5.41) is 22.8. The van der Waals surface area contributed by atoms with Crippen molar-refractivity contribution in [3.05, 3.63) is 132 Å². The van der Waals surface area contributed by atoms with Gasteiger partial charge in [0.2, 0.25) is 0 Å². The summed E-state index contributed by atoms with van der Waals surface area (Å²) in [6.07, 6.45) is 0.552. The van der Waals surface area contributed by atoms with Crippen LogP contribution in [0.4, 0.5) is 0 Å². The first kappa shape index (κ1) is 32.0. The molecule has 0 saturated carbocycles. The minimum atomic E-state index is -0.612. The van der Waals surface area contributed by atoms with E-state index in [9.17, 15) is 9.59 Å². The minimum Gasteiger partial charge on any atom is -0.400 e. The largest absolute Gasteiger partial charge is 0.400 e. The van der Waals surface area contributed by atoms with Gasteiger partial charge in [0.05, 0.1) is 11.1 Å². The number of benzene rings is 4. The molecule has 0 atom stereocenters. The molecule has 4 aromatic carbocycles. The van der Waals surface area contributed by atoms with Crippen LogP contribution in [0.3, 0.4) is 0 Å². The van der Waals surface area contributed by atoms with E-state index in [0.29, 0.717) is 41.3 Å². The minimum absolute atomic E-state index is 0.0489. The molecule has 0 spiro atoms. The first-order valence-corrected chi connectivity index (χ1v) is 16.0. The summed E-state index contributed by atoms with van der Waals surface area (Å²) in [4.78, 5) is 31.4. The van der Waals surface area contributed by atoms with E-state index in [1.165, 1.54) is 0 Å². The lowest BCUT2D eigenvalue weighted by Crippen LogP contribution is -2.16. The molecule has 0 bridgehead atoms. The Kier molecular flexibility index (Phi) is 8.65. The lowest BCUT2D eigenvalue weighted by molar-refractivity contribution is 0.0708. The third-order valence-electron chi connectivity index (χ3n) is 7.90. The maximum atomic E-state index is 13.3. The summed E-state index contributed by atoms with van der Waals surface area (Å²) in [7, 11) is 0. The van der Waals surface area contributed by atoms with Crippen LogP contribution in [0.2, 0.25) is 0 Å². The molecule has 0 amide bonds. The fraction of sp³-hybridized carbons (Fsp3) is 0.158. The van der Waals surface area contributed by atoms with Crippen LogP contribution in [-0.2, 0) is 13.0 Å². The van der Waals surface area contributed by atoms with Crippen molar-refractivity contribution >= 4 is 23.0 Å². The molecule has 0 aliphatic carbocycles. The predicted molar refractivity (Wildman–Crippen MR) is 185 cm³/mol. The Balaban J connectivity index is 1.32. The predicted octanol–water partition coefficient (Wildman–Crippen LogP) is 6.75. The molecular weight excluding hydrogens is 632 g/mol. The van der Waals surface area contributed by atoms with Crippen molar-refractivity contribution in [3.63, 3.8) is 0 Å². The lowest BCUT2D eigenvalue weighted by atomic mass is 9.92. The molecule has 1 N–H and O–H groups in total. The monoisotopic (exact) mass is 664 g/mol. The van der Waals surface area contributed by atoms with Gasteiger partial charge in [-0.1, -0.05) is 106 Å². The van der Waals surface area contributed by atoms with E-state index < -0.39 is 11.9 Å². The van der Waals surface area contributed by atoms with Crippen LogP contribution in [0.1, 0.15) is 52.9 Å². The van der Waals surface area contributed by atoms with Gasteiger partial charge in [0, 0.05) is 18.5 Å². The number of fused-ring (bicyclic) bond motifs is 1. The molecule has 7 rings (SSSR count). The van der Waals surface area contributed by atoms with Gasteiger partial charge >= 0.3 is 11.9 Å². The van der Waals surface area contributed by atoms with E-state index in [4.69, 9.17) is 14.5 Å². The highest BCUT2D eigenvalue weighted by Gasteiger charge is 2.27. The fourth-order valence-corrected chi connectivity index (χ4v) is 5.60. The van der Waals surface area contributed by atoms with Crippen LogP contribution in [0.5, 0.6) is 11.8 Å². The Morgan fingerprint density at radius 2 is 1.28 bits per heavy atom. The second-order valence-corrected chi connectivity index (χ2v) is 12.9. The maximum Gasteiger partial charge on any atom is 0.344 e. The number of aromatic nitrogens is 8. The number of hydrogen-bond acceptors (Lipinski definition) is 10. The first-order valence-electron chi connectivity index (χ1n) is 16.0. The average molecular weight is 665 g/mol. The van der Waals surface area contributed by atoms with Gasteiger partial charge in [0.15, 0.2) is 11.3 Å². The van der Waals surface area contributed by atoms with E-state index in [0.717, 1.165) is 22.3 Å². The Hall–Kier alpha value is -6.56. The van der Waals surface area contributed by atoms with Crippen molar-refractivity contribution < 1.29 is 19.1 Å². The number of nitrogens with one attached hydrogen (secondary N) is 1. The number of carbonyl (C=O) groups is 2. The smallest absolute Gasteiger partial charge is 0.344 e. The Morgan fingerprint density at radius 1 is 0.700 bits per heavy atom. The summed E-state index contributed by atoms with van der Waals surface area (Å²) in [5.41, 5.74) is 4.92. The van der Waals surface area contributed by atoms with Crippen molar-refractivity contribution in [2.75, 3.05) is 0 Å². The number of esters is 2. The van der Waals surface area contributed by atoms with Crippen LogP contribution in [-0.4, -0.2) is 52.3 Å². The van der Waals surface area contributed by atoms with Gasteiger partial charge < -0.3 is 14.0 Å².